The molecule has 0 aliphatic heterocycles. The van der Waals surface area contributed by atoms with Crippen LogP contribution in [-0.4, -0.2) is 24.9 Å². The van der Waals surface area contributed by atoms with Gasteiger partial charge in [0.2, 0.25) is 0 Å². The molecule has 0 unspecified atom stereocenters. The van der Waals surface area contributed by atoms with E-state index in [1.807, 2.05) is 0 Å². The maximum absolute atomic E-state index is 12.2. The van der Waals surface area contributed by atoms with Gasteiger partial charge in [0.05, 0.1) is 12.7 Å². The highest BCUT2D eigenvalue weighted by molar-refractivity contribution is 9.09. The second-order valence-corrected chi connectivity index (χ2v) is 6.71. The van der Waals surface area contributed by atoms with E-state index < -0.39 is 0 Å². The molecule has 0 aliphatic carbocycles. The van der Waals surface area contributed by atoms with Gasteiger partial charge in [0, 0.05) is 16.9 Å². The molecule has 1 aromatic rings. The standard InChI is InChI=1S/C15H21BrClNO2/c1-15(2,7-4-8-16)10-18-14(19)12-9-11(17)5-6-13(12)20-3/h5-6,9H,4,7-8,10H2,1-3H3,(H,18,19). The minimum Gasteiger partial charge on any atom is -0.496 e. The number of ether oxygens (including phenoxy) is 1. The number of amides is 1. The number of rotatable bonds is 7. The lowest BCUT2D eigenvalue weighted by Crippen LogP contribution is -2.34. The first kappa shape index (κ1) is 17.3. The number of nitrogens with one attached hydrogen (secondary N) is 1. The third kappa shape index (κ3) is 5.33. The van der Waals surface area contributed by atoms with Gasteiger partial charge in [0.15, 0.2) is 0 Å². The second-order valence-electron chi connectivity index (χ2n) is 5.48. The first-order valence-corrected chi connectivity index (χ1v) is 8.07. The van der Waals surface area contributed by atoms with Crippen LogP contribution in [0.4, 0.5) is 0 Å². The van der Waals surface area contributed by atoms with Crippen LogP contribution in [0.1, 0.15) is 37.0 Å². The molecule has 0 saturated heterocycles. The predicted molar refractivity (Wildman–Crippen MR) is 87.1 cm³/mol. The molecule has 0 aliphatic rings. The van der Waals surface area contributed by atoms with Crippen LogP contribution in [0.2, 0.25) is 5.02 Å². The maximum atomic E-state index is 12.2. The number of benzene rings is 1. The van der Waals surface area contributed by atoms with Crippen molar-refractivity contribution in [3.63, 3.8) is 0 Å². The van der Waals surface area contributed by atoms with Crippen molar-refractivity contribution in [2.24, 2.45) is 5.41 Å². The lowest BCUT2D eigenvalue weighted by molar-refractivity contribution is 0.0931. The fourth-order valence-electron chi connectivity index (χ4n) is 1.91. The zero-order chi connectivity index (χ0) is 15.2. The summed E-state index contributed by atoms with van der Waals surface area (Å²) in [6, 6.07) is 5.03. The summed E-state index contributed by atoms with van der Waals surface area (Å²) in [5, 5.41) is 4.46. The second kappa shape index (κ2) is 7.89. The smallest absolute Gasteiger partial charge is 0.255 e. The highest BCUT2D eigenvalue weighted by Gasteiger charge is 2.20. The molecule has 20 heavy (non-hydrogen) atoms. The van der Waals surface area contributed by atoms with Gasteiger partial charge in [0.25, 0.3) is 5.91 Å². The number of methoxy groups -OCH3 is 1. The van der Waals surface area contributed by atoms with E-state index in [-0.39, 0.29) is 11.3 Å². The van der Waals surface area contributed by atoms with Gasteiger partial charge in [-0.05, 0) is 36.5 Å². The molecular weight excluding hydrogens is 342 g/mol. The first-order chi connectivity index (χ1) is 9.39. The zero-order valence-corrected chi connectivity index (χ0v) is 14.5. The summed E-state index contributed by atoms with van der Waals surface area (Å²) >= 11 is 9.36. The largest absolute Gasteiger partial charge is 0.496 e. The molecule has 1 rings (SSSR count). The Morgan fingerprint density at radius 2 is 2.15 bits per heavy atom. The summed E-state index contributed by atoms with van der Waals surface area (Å²) in [5.74, 6) is 0.376. The Labute approximate surface area is 134 Å². The van der Waals surface area contributed by atoms with Crippen molar-refractivity contribution in [2.75, 3.05) is 19.0 Å². The molecule has 1 amide bonds. The number of hydrogen-bond acceptors (Lipinski definition) is 2. The summed E-state index contributed by atoms with van der Waals surface area (Å²) in [5.41, 5.74) is 0.534. The average Bonchev–Trinajstić information content (AvgIpc) is 2.42. The van der Waals surface area contributed by atoms with Crippen molar-refractivity contribution in [2.45, 2.75) is 26.7 Å². The Balaban J connectivity index is 2.69. The Hall–Kier alpha value is -0.740. The number of hydrogen-bond donors (Lipinski definition) is 1. The van der Waals surface area contributed by atoms with Crippen LogP contribution in [0.3, 0.4) is 0 Å². The van der Waals surface area contributed by atoms with E-state index in [0.29, 0.717) is 22.9 Å². The minimum atomic E-state index is -0.156. The molecular formula is C15H21BrClNO2. The third-order valence-corrected chi connectivity index (χ3v) is 3.92. The molecule has 3 nitrogen and oxygen atoms in total. The molecule has 5 heteroatoms. The molecule has 112 valence electrons. The van der Waals surface area contributed by atoms with Crippen LogP contribution in [-0.2, 0) is 0 Å². The molecule has 0 atom stereocenters. The Bertz CT molecular complexity index is 463. The Morgan fingerprint density at radius 1 is 1.45 bits per heavy atom. The van der Waals surface area contributed by atoms with Crippen molar-refractivity contribution >= 4 is 33.4 Å². The van der Waals surface area contributed by atoms with Crippen molar-refractivity contribution in [3.8, 4) is 5.75 Å². The van der Waals surface area contributed by atoms with Gasteiger partial charge in [-0.3, -0.25) is 4.79 Å². The molecule has 0 heterocycles. The van der Waals surface area contributed by atoms with Crippen LogP contribution in [0.25, 0.3) is 0 Å². The van der Waals surface area contributed by atoms with Crippen molar-refractivity contribution in [1.29, 1.82) is 0 Å². The highest BCUT2D eigenvalue weighted by atomic mass is 79.9. The van der Waals surface area contributed by atoms with E-state index in [9.17, 15) is 4.79 Å². The lowest BCUT2D eigenvalue weighted by Gasteiger charge is -2.24. The minimum absolute atomic E-state index is 0.0647. The summed E-state index contributed by atoms with van der Waals surface area (Å²) in [7, 11) is 1.54. The van der Waals surface area contributed by atoms with Gasteiger partial charge in [0.1, 0.15) is 5.75 Å². The summed E-state index contributed by atoms with van der Waals surface area (Å²) in [6.45, 7) is 4.91. The maximum Gasteiger partial charge on any atom is 0.255 e. The van der Waals surface area contributed by atoms with Crippen LogP contribution in [0, 0.1) is 5.41 Å². The summed E-state index contributed by atoms with van der Waals surface area (Å²) in [4.78, 5) is 12.2. The van der Waals surface area contributed by atoms with Gasteiger partial charge in [-0.15, -0.1) is 0 Å². The van der Waals surface area contributed by atoms with Gasteiger partial charge < -0.3 is 10.1 Å². The molecule has 0 spiro atoms. The molecule has 0 bridgehead atoms. The predicted octanol–water partition coefficient (Wildman–Crippen LogP) is 4.28. The van der Waals surface area contributed by atoms with Gasteiger partial charge in [-0.1, -0.05) is 41.4 Å². The average molecular weight is 363 g/mol. The molecule has 1 N–H and O–H groups in total. The molecule has 0 saturated carbocycles. The fourth-order valence-corrected chi connectivity index (χ4v) is 2.36. The normalized spacial score (nSPS) is 11.2. The Morgan fingerprint density at radius 3 is 2.75 bits per heavy atom. The van der Waals surface area contributed by atoms with Crippen molar-refractivity contribution < 1.29 is 9.53 Å². The van der Waals surface area contributed by atoms with Crippen molar-refractivity contribution in [1.82, 2.24) is 5.32 Å². The zero-order valence-electron chi connectivity index (χ0n) is 12.1. The molecule has 1 aromatic carbocycles. The van der Waals surface area contributed by atoms with Crippen LogP contribution < -0.4 is 10.1 Å². The summed E-state index contributed by atoms with van der Waals surface area (Å²) < 4.78 is 5.19. The van der Waals surface area contributed by atoms with E-state index in [4.69, 9.17) is 16.3 Å². The first-order valence-electron chi connectivity index (χ1n) is 6.57. The SMILES string of the molecule is COc1ccc(Cl)cc1C(=O)NCC(C)(C)CCCBr. The molecule has 0 radical (unpaired) electrons. The fraction of sp³-hybridized carbons (Fsp3) is 0.533. The van der Waals surface area contributed by atoms with E-state index in [0.717, 1.165) is 18.2 Å². The van der Waals surface area contributed by atoms with Gasteiger partial charge >= 0.3 is 0 Å². The Kier molecular flexibility index (Phi) is 6.83. The monoisotopic (exact) mass is 361 g/mol. The highest BCUT2D eigenvalue weighted by Crippen LogP contribution is 2.24. The van der Waals surface area contributed by atoms with Gasteiger partial charge in [-0.25, -0.2) is 0 Å². The molecule has 0 fully saturated rings. The van der Waals surface area contributed by atoms with E-state index >= 15 is 0 Å². The van der Waals surface area contributed by atoms with Crippen LogP contribution in [0.15, 0.2) is 18.2 Å². The lowest BCUT2D eigenvalue weighted by atomic mass is 9.88. The van der Waals surface area contributed by atoms with E-state index in [2.05, 4.69) is 35.1 Å². The quantitative estimate of drug-likeness (QED) is 0.735. The van der Waals surface area contributed by atoms with E-state index in [1.165, 1.54) is 0 Å². The number of carbonyl (C=O) groups is 1. The topological polar surface area (TPSA) is 38.3 Å². The third-order valence-electron chi connectivity index (χ3n) is 3.12. The number of halogens is 2. The number of alkyl halides is 1. The summed E-state index contributed by atoms with van der Waals surface area (Å²) in [6.07, 6.45) is 2.13. The van der Waals surface area contributed by atoms with Crippen LogP contribution >= 0.6 is 27.5 Å². The van der Waals surface area contributed by atoms with Crippen LogP contribution in [0.5, 0.6) is 5.75 Å². The molecule has 0 aromatic heterocycles. The number of carbonyl (C=O) groups excluding carboxylic acids is 1. The van der Waals surface area contributed by atoms with Gasteiger partial charge in [-0.2, -0.15) is 0 Å². The van der Waals surface area contributed by atoms with Crippen molar-refractivity contribution in [3.05, 3.63) is 28.8 Å². The van der Waals surface area contributed by atoms with E-state index in [1.54, 1.807) is 25.3 Å².